The van der Waals surface area contributed by atoms with E-state index < -0.39 is 5.79 Å². The fraction of sp³-hybridized carbons (Fsp3) is 1.00. The molecule has 1 saturated carbocycles. The van der Waals surface area contributed by atoms with Crippen molar-refractivity contribution in [3.8, 4) is 0 Å². The summed E-state index contributed by atoms with van der Waals surface area (Å²) in [5.41, 5.74) is -0.131. The minimum absolute atomic E-state index is 0.0393. The molecule has 92 valence electrons. The Kier molecular flexibility index (Phi) is 2.19. The van der Waals surface area contributed by atoms with E-state index in [0.717, 1.165) is 12.8 Å². The molecule has 0 aromatic carbocycles. The third-order valence-corrected chi connectivity index (χ3v) is 4.04. The predicted octanol–water partition coefficient (Wildman–Crippen LogP) is 1.68. The van der Waals surface area contributed by atoms with Crippen LogP contribution >= 0.6 is 0 Å². The molecule has 4 heteroatoms. The first-order valence-corrected chi connectivity index (χ1v) is 6.08. The first-order valence-electron chi connectivity index (χ1n) is 6.08. The van der Waals surface area contributed by atoms with Crippen LogP contribution in [0, 0.1) is 5.92 Å². The van der Waals surface area contributed by atoms with Gasteiger partial charge in [0.15, 0.2) is 12.1 Å². The van der Waals surface area contributed by atoms with Gasteiger partial charge in [-0.3, -0.25) is 0 Å². The van der Waals surface area contributed by atoms with Gasteiger partial charge >= 0.3 is 0 Å². The van der Waals surface area contributed by atoms with Crippen molar-refractivity contribution in [3.63, 3.8) is 0 Å². The molecule has 0 amide bonds. The molecule has 0 aromatic heterocycles. The molecule has 2 aliphatic heterocycles. The van der Waals surface area contributed by atoms with Gasteiger partial charge < -0.3 is 18.9 Å². The Morgan fingerprint density at radius 1 is 1.25 bits per heavy atom. The SMILES string of the molecule is CC[C@H]1C[C@@]12O[C@@H](OC)[C@H]1OC(C)(C)OC12. The maximum absolute atomic E-state index is 6.00. The first-order chi connectivity index (χ1) is 7.52. The number of hydrogen-bond acceptors (Lipinski definition) is 4. The lowest BCUT2D eigenvalue weighted by atomic mass is 10.1. The van der Waals surface area contributed by atoms with Crippen molar-refractivity contribution in [1.82, 2.24) is 0 Å². The molecule has 2 heterocycles. The minimum Gasteiger partial charge on any atom is -0.353 e. The van der Waals surface area contributed by atoms with Crippen LogP contribution in [0.3, 0.4) is 0 Å². The first kappa shape index (κ1) is 11.0. The lowest BCUT2D eigenvalue weighted by Crippen LogP contribution is -2.32. The molecule has 0 bridgehead atoms. The van der Waals surface area contributed by atoms with Crippen LogP contribution in [0.4, 0.5) is 0 Å². The van der Waals surface area contributed by atoms with Crippen molar-refractivity contribution in [2.24, 2.45) is 5.92 Å². The maximum atomic E-state index is 6.00. The molecule has 0 N–H and O–H groups in total. The Labute approximate surface area is 96.2 Å². The van der Waals surface area contributed by atoms with Crippen molar-refractivity contribution in [1.29, 1.82) is 0 Å². The van der Waals surface area contributed by atoms with Gasteiger partial charge in [-0.25, -0.2) is 0 Å². The van der Waals surface area contributed by atoms with Crippen LogP contribution in [0.5, 0.6) is 0 Å². The average molecular weight is 228 g/mol. The average Bonchev–Trinajstić information content (AvgIpc) is 2.75. The second-order valence-corrected chi connectivity index (χ2v) is 5.51. The van der Waals surface area contributed by atoms with E-state index in [0.29, 0.717) is 5.92 Å². The summed E-state index contributed by atoms with van der Waals surface area (Å²) in [6, 6.07) is 0. The van der Waals surface area contributed by atoms with Crippen molar-refractivity contribution in [3.05, 3.63) is 0 Å². The quantitative estimate of drug-likeness (QED) is 0.720. The van der Waals surface area contributed by atoms with E-state index in [2.05, 4.69) is 6.92 Å². The number of fused-ring (bicyclic) bond motifs is 2. The maximum Gasteiger partial charge on any atom is 0.186 e. The van der Waals surface area contributed by atoms with Gasteiger partial charge in [0.1, 0.15) is 17.8 Å². The molecule has 16 heavy (non-hydrogen) atoms. The Bertz CT molecular complexity index is 303. The van der Waals surface area contributed by atoms with E-state index in [1.54, 1.807) is 7.11 Å². The topological polar surface area (TPSA) is 36.9 Å². The summed E-state index contributed by atoms with van der Waals surface area (Å²) in [5.74, 6) is 0.0849. The van der Waals surface area contributed by atoms with E-state index >= 15 is 0 Å². The Balaban J connectivity index is 1.85. The van der Waals surface area contributed by atoms with Gasteiger partial charge in [-0.1, -0.05) is 13.3 Å². The molecule has 0 radical (unpaired) electrons. The molecule has 4 nitrogen and oxygen atoms in total. The zero-order valence-corrected chi connectivity index (χ0v) is 10.4. The molecule has 3 aliphatic rings. The van der Waals surface area contributed by atoms with E-state index in [1.807, 2.05) is 13.8 Å². The zero-order chi connectivity index (χ0) is 11.6. The zero-order valence-electron chi connectivity index (χ0n) is 10.4. The van der Waals surface area contributed by atoms with E-state index in [-0.39, 0.29) is 24.1 Å². The molecular formula is C12H20O4. The summed E-state index contributed by atoms with van der Waals surface area (Å²) in [6.45, 7) is 6.10. The lowest BCUT2D eigenvalue weighted by Gasteiger charge is -2.24. The highest BCUT2D eigenvalue weighted by Crippen LogP contribution is 2.61. The summed E-state index contributed by atoms with van der Waals surface area (Å²) in [5, 5.41) is 0. The molecule has 5 atom stereocenters. The molecule has 2 saturated heterocycles. The van der Waals surface area contributed by atoms with Crippen LogP contribution < -0.4 is 0 Å². The number of rotatable bonds is 2. The van der Waals surface area contributed by atoms with Gasteiger partial charge in [-0.05, 0) is 26.2 Å². The van der Waals surface area contributed by atoms with Crippen LogP contribution in [0.1, 0.15) is 33.6 Å². The van der Waals surface area contributed by atoms with Gasteiger partial charge in [0.25, 0.3) is 0 Å². The van der Waals surface area contributed by atoms with Crippen LogP contribution in [-0.2, 0) is 18.9 Å². The van der Waals surface area contributed by atoms with E-state index in [4.69, 9.17) is 18.9 Å². The van der Waals surface area contributed by atoms with Crippen LogP contribution in [0.25, 0.3) is 0 Å². The van der Waals surface area contributed by atoms with Gasteiger partial charge in [-0.2, -0.15) is 0 Å². The molecule has 1 spiro atoms. The minimum atomic E-state index is -0.510. The Hall–Kier alpha value is -0.160. The highest BCUT2D eigenvalue weighted by atomic mass is 16.8. The summed E-state index contributed by atoms with van der Waals surface area (Å²) in [4.78, 5) is 0. The number of methoxy groups -OCH3 is 1. The van der Waals surface area contributed by atoms with Crippen molar-refractivity contribution in [2.45, 2.75) is 63.5 Å². The monoisotopic (exact) mass is 228 g/mol. The van der Waals surface area contributed by atoms with Crippen molar-refractivity contribution < 1.29 is 18.9 Å². The largest absolute Gasteiger partial charge is 0.353 e. The highest BCUT2D eigenvalue weighted by Gasteiger charge is 2.72. The standard InChI is InChI=1S/C12H20O4/c1-5-7-6-12(7)9-8(10(13-4)16-12)14-11(2,3)15-9/h7-10H,5-6H2,1-4H3/t7-,8-,9?,10+,12+/m0/s1. The fourth-order valence-corrected chi connectivity index (χ4v) is 3.21. The number of ether oxygens (including phenoxy) is 4. The molecule has 0 aromatic rings. The Morgan fingerprint density at radius 3 is 2.56 bits per heavy atom. The van der Waals surface area contributed by atoms with Gasteiger partial charge in [-0.15, -0.1) is 0 Å². The predicted molar refractivity (Wildman–Crippen MR) is 56.8 cm³/mol. The summed E-state index contributed by atoms with van der Waals surface area (Å²) >= 11 is 0. The molecule has 1 unspecified atom stereocenters. The molecule has 3 rings (SSSR count). The van der Waals surface area contributed by atoms with Gasteiger partial charge in [0.2, 0.25) is 0 Å². The second-order valence-electron chi connectivity index (χ2n) is 5.51. The smallest absolute Gasteiger partial charge is 0.186 e. The van der Waals surface area contributed by atoms with Crippen LogP contribution in [0.2, 0.25) is 0 Å². The van der Waals surface area contributed by atoms with E-state index in [1.165, 1.54) is 0 Å². The third kappa shape index (κ3) is 1.30. The normalized spacial score (nSPS) is 53.2. The Morgan fingerprint density at radius 2 is 2.00 bits per heavy atom. The van der Waals surface area contributed by atoms with Gasteiger partial charge in [0, 0.05) is 7.11 Å². The van der Waals surface area contributed by atoms with Crippen LogP contribution in [-0.4, -0.2) is 37.0 Å². The van der Waals surface area contributed by atoms with Crippen molar-refractivity contribution >= 4 is 0 Å². The third-order valence-electron chi connectivity index (χ3n) is 4.04. The van der Waals surface area contributed by atoms with Crippen LogP contribution in [0.15, 0.2) is 0 Å². The molecule has 1 aliphatic carbocycles. The highest BCUT2D eigenvalue weighted by molar-refractivity contribution is 5.18. The molecular weight excluding hydrogens is 208 g/mol. The molecule has 3 fully saturated rings. The number of hydrogen-bond donors (Lipinski definition) is 0. The van der Waals surface area contributed by atoms with Crippen molar-refractivity contribution in [2.75, 3.05) is 7.11 Å². The second kappa shape index (κ2) is 3.19. The summed E-state index contributed by atoms with van der Waals surface area (Å²) < 4.78 is 23.2. The summed E-state index contributed by atoms with van der Waals surface area (Å²) in [6.07, 6.45) is 1.89. The lowest BCUT2D eigenvalue weighted by molar-refractivity contribution is -0.234. The van der Waals surface area contributed by atoms with E-state index in [9.17, 15) is 0 Å². The van der Waals surface area contributed by atoms with Gasteiger partial charge in [0.05, 0.1) is 0 Å². The fourth-order valence-electron chi connectivity index (χ4n) is 3.21. The summed E-state index contributed by atoms with van der Waals surface area (Å²) in [7, 11) is 1.67.